The van der Waals surface area contributed by atoms with Gasteiger partial charge in [-0.25, -0.2) is 4.98 Å². The summed E-state index contributed by atoms with van der Waals surface area (Å²) in [7, 11) is 0. The van der Waals surface area contributed by atoms with E-state index in [0.717, 1.165) is 24.3 Å². The molecule has 0 aliphatic carbocycles. The Balaban J connectivity index is 1.61. The molecule has 1 amide bonds. The Bertz CT molecular complexity index is 1200. The maximum Gasteiger partial charge on any atom is 0.257 e. The molecule has 4 rings (SSSR count). The van der Waals surface area contributed by atoms with Gasteiger partial charge in [-0.2, -0.15) is 0 Å². The van der Waals surface area contributed by atoms with Crippen LogP contribution in [0.3, 0.4) is 0 Å². The number of hydrogen-bond acceptors (Lipinski definition) is 6. The van der Waals surface area contributed by atoms with Gasteiger partial charge in [-0.15, -0.1) is 0 Å². The number of carbonyl (C=O) groups excluding carboxylic acids is 2. The highest BCUT2D eigenvalue weighted by atomic mass is 35.5. The summed E-state index contributed by atoms with van der Waals surface area (Å²) in [5.74, 6) is -0.0736. The molecule has 7 nitrogen and oxygen atoms in total. The molecule has 174 valence electrons. The highest BCUT2D eigenvalue weighted by molar-refractivity contribution is 6.30. The van der Waals surface area contributed by atoms with Crippen molar-refractivity contribution in [2.45, 2.75) is 13.3 Å². The Morgan fingerprint density at radius 2 is 1.76 bits per heavy atom. The molecule has 0 bridgehead atoms. The molecule has 34 heavy (non-hydrogen) atoms. The lowest BCUT2D eigenvalue weighted by Crippen LogP contribution is -2.36. The number of Topliss-reactive ketones (excluding diaryl/α,β-unsaturated/α-hetero) is 1. The molecule has 3 aromatic rings. The number of nitrogens with one attached hydrogen (secondary N) is 2. The Hall–Kier alpha value is -3.55. The number of pyridine rings is 1. The summed E-state index contributed by atoms with van der Waals surface area (Å²) >= 11 is 5.90. The van der Waals surface area contributed by atoms with Gasteiger partial charge < -0.3 is 20.4 Å². The van der Waals surface area contributed by atoms with Gasteiger partial charge in [0.15, 0.2) is 5.78 Å². The van der Waals surface area contributed by atoms with E-state index in [1.54, 1.807) is 43.3 Å². The van der Waals surface area contributed by atoms with E-state index < -0.39 is 0 Å². The molecule has 1 aliphatic heterocycles. The molecule has 8 heteroatoms. The lowest BCUT2D eigenvalue weighted by molar-refractivity contribution is 0.0992. The second-order valence-corrected chi connectivity index (χ2v) is 8.50. The van der Waals surface area contributed by atoms with E-state index in [-0.39, 0.29) is 18.1 Å². The number of morpholine rings is 1. The third-order valence-corrected chi connectivity index (χ3v) is 5.90. The molecule has 0 radical (unpaired) electrons. The van der Waals surface area contributed by atoms with E-state index in [9.17, 15) is 9.59 Å². The largest absolute Gasteiger partial charge is 0.378 e. The van der Waals surface area contributed by atoms with Crippen molar-refractivity contribution in [1.29, 1.82) is 5.41 Å². The van der Waals surface area contributed by atoms with Gasteiger partial charge in [-0.1, -0.05) is 41.9 Å². The molecule has 1 fully saturated rings. The number of ether oxygens (including phenoxy) is 1. The Kier molecular flexibility index (Phi) is 7.35. The van der Waals surface area contributed by atoms with Crippen LogP contribution in [0.15, 0.2) is 60.8 Å². The number of aromatic nitrogens is 1. The molecule has 0 saturated carbocycles. The number of nitrogens with zero attached hydrogens (tertiary/aromatic N) is 2. The standard InChI is InChI=1S/C26H25ClN4O3/c1-17(28)18-2-4-19(5-3-18)24(32)14-20-6-8-22(31-10-12-34-13-11-31)15-23(20)26(33)30-25-9-7-21(27)16-29-25/h2-9,15-16,28H,10-14H2,1H3,(H,29,30,33). The minimum absolute atomic E-state index is 0.0725. The number of halogens is 1. The topological polar surface area (TPSA) is 95.4 Å². The SMILES string of the molecule is CC(=N)c1ccc(C(=O)Cc2ccc(N3CCOCC3)cc2C(=O)Nc2ccc(Cl)cn2)cc1. The molecule has 2 heterocycles. The quantitative estimate of drug-likeness (QED) is 0.382. The van der Waals surface area contributed by atoms with Crippen molar-refractivity contribution in [3.63, 3.8) is 0 Å². The first-order chi connectivity index (χ1) is 16.4. The average molecular weight is 477 g/mol. The van der Waals surface area contributed by atoms with Crippen molar-refractivity contribution in [2.75, 3.05) is 36.5 Å². The molecule has 0 unspecified atom stereocenters. The van der Waals surface area contributed by atoms with E-state index in [4.69, 9.17) is 21.7 Å². The van der Waals surface area contributed by atoms with Crippen molar-refractivity contribution >= 4 is 40.5 Å². The fourth-order valence-corrected chi connectivity index (χ4v) is 3.87. The van der Waals surface area contributed by atoms with Crippen molar-refractivity contribution in [3.8, 4) is 0 Å². The lowest BCUT2D eigenvalue weighted by atomic mass is 9.96. The van der Waals surface area contributed by atoms with Gasteiger partial charge in [-0.3, -0.25) is 9.59 Å². The molecule has 1 aromatic heterocycles. The van der Waals surface area contributed by atoms with E-state index in [0.29, 0.717) is 46.5 Å². The van der Waals surface area contributed by atoms with Crippen LogP contribution < -0.4 is 10.2 Å². The van der Waals surface area contributed by atoms with Crippen LogP contribution in [0.2, 0.25) is 5.02 Å². The third-order valence-electron chi connectivity index (χ3n) is 5.67. The first-order valence-electron chi connectivity index (χ1n) is 11.0. The van der Waals surface area contributed by atoms with E-state index in [1.165, 1.54) is 6.20 Å². The number of amides is 1. The minimum atomic E-state index is -0.345. The van der Waals surface area contributed by atoms with Crippen molar-refractivity contribution in [1.82, 2.24) is 4.98 Å². The molecular weight excluding hydrogens is 452 g/mol. The maximum absolute atomic E-state index is 13.2. The van der Waals surface area contributed by atoms with Gasteiger partial charge in [-0.05, 0) is 42.3 Å². The molecule has 2 aromatic carbocycles. The van der Waals surface area contributed by atoms with Crippen LogP contribution in [-0.2, 0) is 11.2 Å². The predicted molar refractivity (Wildman–Crippen MR) is 134 cm³/mol. The summed E-state index contributed by atoms with van der Waals surface area (Å²) < 4.78 is 5.44. The maximum atomic E-state index is 13.2. The third kappa shape index (κ3) is 5.68. The van der Waals surface area contributed by atoms with Gasteiger partial charge in [0.2, 0.25) is 0 Å². The normalized spacial score (nSPS) is 13.4. The smallest absolute Gasteiger partial charge is 0.257 e. The highest BCUT2D eigenvalue weighted by Gasteiger charge is 2.19. The van der Waals surface area contributed by atoms with E-state index in [1.807, 2.05) is 18.2 Å². The molecule has 1 saturated heterocycles. The van der Waals surface area contributed by atoms with Crippen LogP contribution in [0, 0.1) is 5.41 Å². The van der Waals surface area contributed by atoms with Gasteiger partial charge in [0.1, 0.15) is 5.82 Å². The average Bonchev–Trinajstić information content (AvgIpc) is 2.86. The molecule has 0 spiro atoms. The van der Waals surface area contributed by atoms with Crippen LogP contribution in [0.1, 0.15) is 38.8 Å². The van der Waals surface area contributed by atoms with Crippen LogP contribution in [0.5, 0.6) is 0 Å². The number of rotatable bonds is 7. The fourth-order valence-electron chi connectivity index (χ4n) is 3.76. The van der Waals surface area contributed by atoms with E-state index >= 15 is 0 Å². The lowest BCUT2D eigenvalue weighted by Gasteiger charge is -2.29. The van der Waals surface area contributed by atoms with Crippen LogP contribution in [0.25, 0.3) is 0 Å². The predicted octanol–water partition coefficient (Wildman–Crippen LogP) is 4.64. The number of ketones is 1. The number of carbonyl (C=O) groups is 2. The first-order valence-corrected chi connectivity index (χ1v) is 11.4. The summed E-state index contributed by atoms with van der Waals surface area (Å²) in [5, 5.41) is 11.0. The van der Waals surface area contributed by atoms with Crippen molar-refractivity contribution < 1.29 is 14.3 Å². The molecule has 2 N–H and O–H groups in total. The van der Waals surface area contributed by atoms with Crippen LogP contribution in [0.4, 0.5) is 11.5 Å². The first kappa shape index (κ1) is 23.6. The second-order valence-electron chi connectivity index (χ2n) is 8.06. The van der Waals surface area contributed by atoms with Crippen molar-refractivity contribution in [3.05, 3.63) is 88.1 Å². The number of anilines is 2. The zero-order chi connectivity index (χ0) is 24.1. The summed E-state index contributed by atoms with van der Waals surface area (Å²) in [4.78, 5) is 32.5. The molecular formula is C26H25ClN4O3. The Morgan fingerprint density at radius 1 is 1.06 bits per heavy atom. The fraction of sp³-hybridized carbons (Fsp3) is 0.231. The van der Waals surface area contributed by atoms with E-state index in [2.05, 4.69) is 15.2 Å². The number of hydrogen-bond donors (Lipinski definition) is 2. The summed E-state index contributed by atoms with van der Waals surface area (Å²) in [6.07, 6.45) is 1.54. The minimum Gasteiger partial charge on any atom is -0.378 e. The summed E-state index contributed by atoms with van der Waals surface area (Å²) in [6, 6.07) is 15.8. The zero-order valence-electron chi connectivity index (χ0n) is 18.8. The number of benzene rings is 2. The highest BCUT2D eigenvalue weighted by Crippen LogP contribution is 2.24. The Labute approximate surface area is 203 Å². The van der Waals surface area contributed by atoms with Crippen molar-refractivity contribution in [2.24, 2.45) is 0 Å². The Morgan fingerprint density at radius 3 is 2.41 bits per heavy atom. The zero-order valence-corrected chi connectivity index (χ0v) is 19.6. The van der Waals surface area contributed by atoms with Gasteiger partial charge >= 0.3 is 0 Å². The van der Waals surface area contributed by atoms with Crippen LogP contribution in [-0.4, -0.2) is 48.7 Å². The summed E-state index contributed by atoms with van der Waals surface area (Å²) in [6.45, 7) is 4.42. The summed E-state index contributed by atoms with van der Waals surface area (Å²) in [5.41, 5.74) is 3.68. The van der Waals surface area contributed by atoms with Crippen LogP contribution >= 0.6 is 11.6 Å². The second kappa shape index (κ2) is 10.6. The molecule has 0 atom stereocenters. The monoisotopic (exact) mass is 476 g/mol. The molecule has 1 aliphatic rings. The van der Waals surface area contributed by atoms with Gasteiger partial charge in [0.05, 0.1) is 18.2 Å². The van der Waals surface area contributed by atoms with Gasteiger partial charge in [0, 0.05) is 48.2 Å². The van der Waals surface area contributed by atoms with Gasteiger partial charge in [0.25, 0.3) is 5.91 Å².